The van der Waals surface area contributed by atoms with Crippen molar-refractivity contribution in [3.05, 3.63) is 0 Å². The maximum absolute atomic E-state index is 12.1. The van der Waals surface area contributed by atoms with E-state index in [-0.39, 0.29) is 18.4 Å². The van der Waals surface area contributed by atoms with Crippen LogP contribution in [0.4, 0.5) is 0 Å². The molecule has 0 spiro atoms. The van der Waals surface area contributed by atoms with Crippen LogP contribution in [0.1, 0.15) is 39.0 Å². The van der Waals surface area contributed by atoms with Gasteiger partial charge in [0, 0.05) is 13.6 Å². The Balaban J connectivity index is 2.54. The summed E-state index contributed by atoms with van der Waals surface area (Å²) in [6, 6.07) is 2.15. The molecule has 1 fully saturated rings. The van der Waals surface area contributed by atoms with Crippen LogP contribution in [0, 0.1) is 16.7 Å². The standard InChI is InChI=1S/C13H21N3O2/c1-3-16(2)11(17)9-15-12(18)13(10-14)7-5-4-6-8-13/h3-9H2,1-2H3,(H,15,18). The minimum atomic E-state index is -0.913. The van der Waals surface area contributed by atoms with Crippen LogP contribution < -0.4 is 5.32 Å². The second-order valence-electron chi connectivity index (χ2n) is 4.85. The van der Waals surface area contributed by atoms with E-state index in [0.29, 0.717) is 19.4 Å². The highest BCUT2D eigenvalue weighted by molar-refractivity contribution is 5.89. The van der Waals surface area contributed by atoms with Gasteiger partial charge in [-0.1, -0.05) is 19.3 Å². The van der Waals surface area contributed by atoms with E-state index in [0.717, 1.165) is 19.3 Å². The van der Waals surface area contributed by atoms with Crippen molar-refractivity contribution in [3.8, 4) is 6.07 Å². The van der Waals surface area contributed by atoms with Crippen LogP contribution in [0.3, 0.4) is 0 Å². The zero-order valence-electron chi connectivity index (χ0n) is 11.2. The molecule has 5 heteroatoms. The van der Waals surface area contributed by atoms with Gasteiger partial charge in [0.25, 0.3) is 0 Å². The number of hydrogen-bond acceptors (Lipinski definition) is 3. The first-order valence-electron chi connectivity index (χ1n) is 6.49. The van der Waals surface area contributed by atoms with Crippen molar-refractivity contribution in [1.82, 2.24) is 10.2 Å². The zero-order valence-corrected chi connectivity index (χ0v) is 11.2. The normalized spacial score (nSPS) is 17.6. The van der Waals surface area contributed by atoms with E-state index in [9.17, 15) is 14.9 Å². The van der Waals surface area contributed by atoms with E-state index in [1.807, 2.05) is 6.92 Å². The second kappa shape index (κ2) is 6.39. The first-order valence-corrected chi connectivity index (χ1v) is 6.49. The molecule has 1 rings (SSSR count). The lowest BCUT2D eigenvalue weighted by Crippen LogP contribution is -2.45. The van der Waals surface area contributed by atoms with Gasteiger partial charge in [0.15, 0.2) is 0 Å². The number of nitrogens with zero attached hydrogens (tertiary/aromatic N) is 2. The highest BCUT2D eigenvalue weighted by Gasteiger charge is 2.39. The summed E-state index contributed by atoms with van der Waals surface area (Å²) in [7, 11) is 1.69. The van der Waals surface area contributed by atoms with Crippen molar-refractivity contribution in [2.45, 2.75) is 39.0 Å². The Bertz CT molecular complexity index is 354. The molecule has 0 aromatic heterocycles. The van der Waals surface area contributed by atoms with Crippen molar-refractivity contribution < 1.29 is 9.59 Å². The van der Waals surface area contributed by atoms with Gasteiger partial charge in [-0.2, -0.15) is 5.26 Å². The van der Waals surface area contributed by atoms with E-state index in [4.69, 9.17) is 0 Å². The van der Waals surface area contributed by atoms with E-state index in [2.05, 4.69) is 11.4 Å². The molecule has 0 heterocycles. The Morgan fingerprint density at radius 3 is 2.44 bits per heavy atom. The quantitative estimate of drug-likeness (QED) is 0.811. The molecule has 0 radical (unpaired) electrons. The van der Waals surface area contributed by atoms with Crippen molar-refractivity contribution in [1.29, 1.82) is 5.26 Å². The summed E-state index contributed by atoms with van der Waals surface area (Å²) in [6.07, 6.45) is 4.10. The molecule has 2 amide bonds. The number of nitrogens with one attached hydrogen (secondary N) is 1. The molecule has 0 aromatic carbocycles. The maximum Gasteiger partial charge on any atom is 0.241 e. The molecule has 0 aromatic rings. The fourth-order valence-electron chi connectivity index (χ4n) is 2.18. The van der Waals surface area contributed by atoms with Crippen LogP contribution in [0.15, 0.2) is 0 Å². The van der Waals surface area contributed by atoms with Crippen LogP contribution in [0.2, 0.25) is 0 Å². The van der Waals surface area contributed by atoms with Crippen LogP contribution in [0.5, 0.6) is 0 Å². The van der Waals surface area contributed by atoms with Gasteiger partial charge >= 0.3 is 0 Å². The Kier molecular flexibility index (Phi) is 5.14. The van der Waals surface area contributed by atoms with Crippen molar-refractivity contribution in [2.75, 3.05) is 20.1 Å². The molecule has 0 bridgehead atoms. The Morgan fingerprint density at radius 2 is 1.94 bits per heavy atom. The molecule has 0 aliphatic heterocycles. The number of carbonyl (C=O) groups excluding carboxylic acids is 2. The second-order valence-corrected chi connectivity index (χ2v) is 4.85. The smallest absolute Gasteiger partial charge is 0.241 e. The van der Waals surface area contributed by atoms with Crippen LogP contribution in [-0.2, 0) is 9.59 Å². The average Bonchev–Trinajstić information content (AvgIpc) is 2.43. The van der Waals surface area contributed by atoms with Gasteiger partial charge in [0.1, 0.15) is 5.41 Å². The molecule has 1 saturated carbocycles. The number of carbonyl (C=O) groups is 2. The minimum absolute atomic E-state index is 0.0212. The molecule has 100 valence electrons. The lowest BCUT2D eigenvalue weighted by atomic mass is 9.74. The van der Waals surface area contributed by atoms with Crippen molar-refractivity contribution >= 4 is 11.8 Å². The summed E-state index contributed by atoms with van der Waals surface area (Å²) >= 11 is 0. The minimum Gasteiger partial charge on any atom is -0.346 e. The number of rotatable bonds is 4. The average molecular weight is 251 g/mol. The van der Waals surface area contributed by atoms with Gasteiger partial charge in [-0.05, 0) is 19.8 Å². The first-order chi connectivity index (χ1) is 8.55. The largest absolute Gasteiger partial charge is 0.346 e. The van der Waals surface area contributed by atoms with E-state index in [1.165, 1.54) is 0 Å². The summed E-state index contributed by atoms with van der Waals surface area (Å²) in [6.45, 7) is 2.46. The van der Waals surface area contributed by atoms with Gasteiger partial charge in [-0.3, -0.25) is 9.59 Å². The number of likely N-dealkylation sites (N-methyl/N-ethyl adjacent to an activating group) is 1. The van der Waals surface area contributed by atoms with Gasteiger partial charge < -0.3 is 10.2 Å². The summed E-state index contributed by atoms with van der Waals surface area (Å²) in [4.78, 5) is 25.2. The highest BCUT2D eigenvalue weighted by Crippen LogP contribution is 2.35. The van der Waals surface area contributed by atoms with Gasteiger partial charge in [-0.25, -0.2) is 0 Å². The van der Waals surface area contributed by atoms with E-state index >= 15 is 0 Å². The van der Waals surface area contributed by atoms with Crippen LogP contribution in [0.25, 0.3) is 0 Å². The summed E-state index contributed by atoms with van der Waals surface area (Å²) < 4.78 is 0. The van der Waals surface area contributed by atoms with Crippen LogP contribution in [-0.4, -0.2) is 36.9 Å². The molecular weight excluding hydrogens is 230 g/mol. The summed E-state index contributed by atoms with van der Waals surface area (Å²) in [5.74, 6) is -0.419. The lowest BCUT2D eigenvalue weighted by Gasteiger charge is -2.29. The highest BCUT2D eigenvalue weighted by atomic mass is 16.2. The molecule has 1 N–H and O–H groups in total. The summed E-state index contributed by atoms with van der Waals surface area (Å²) in [5, 5.41) is 11.8. The van der Waals surface area contributed by atoms with Crippen LogP contribution >= 0.6 is 0 Å². The van der Waals surface area contributed by atoms with Crippen molar-refractivity contribution in [3.63, 3.8) is 0 Å². The molecule has 18 heavy (non-hydrogen) atoms. The first kappa shape index (κ1) is 14.5. The fourth-order valence-corrected chi connectivity index (χ4v) is 2.18. The third-order valence-corrected chi connectivity index (χ3v) is 3.66. The Hall–Kier alpha value is -1.57. The van der Waals surface area contributed by atoms with Crippen molar-refractivity contribution in [2.24, 2.45) is 5.41 Å². The van der Waals surface area contributed by atoms with E-state index in [1.54, 1.807) is 11.9 Å². The zero-order chi connectivity index (χ0) is 13.6. The molecular formula is C13H21N3O2. The maximum atomic E-state index is 12.1. The Morgan fingerprint density at radius 1 is 1.33 bits per heavy atom. The topological polar surface area (TPSA) is 73.2 Å². The summed E-state index contributed by atoms with van der Waals surface area (Å²) in [5.41, 5.74) is -0.913. The third-order valence-electron chi connectivity index (χ3n) is 3.66. The molecule has 0 unspecified atom stereocenters. The molecule has 0 atom stereocenters. The SMILES string of the molecule is CCN(C)C(=O)CNC(=O)C1(C#N)CCCCC1. The molecule has 5 nitrogen and oxygen atoms in total. The van der Waals surface area contributed by atoms with Gasteiger partial charge in [0.05, 0.1) is 12.6 Å². The monoisotopic (exact) mass is 251 g/mol. The molecule has 1 aliphatic carbocycles. The third kappa shape index (κ3) is 3.22. The van der Waals surface area contributed by atoms with Gasteiger partial charge in [0.2, 0.25) is 11.8 Å². The predicted octanol–water partition coefficient (Wildman–Crippen LogP) is 1.05. The Labute approximate surface area is 108 Å². The number of nitriles is 1. The molecule has 1 aliphatic rings. The molecule has 0 saturated heterocycles. The van der Waals surface area contributed by atoms with E-state index < -0.39 is 5.41 Å². The predicted molar refractivity (Wildman–Crippen MR) is 67.5 cm³/mol. The number of amides is 2. The van der Waals surface area contributed by atoms with Gasteiger partial charge in [-0.15, -0.1) is 0 Å². The lowest BCUT2D eigenvalue weighted by molar-refractivity contribution is -0.135. The number of hydrogen-bond donors (Lipinski definition) is 1. The fraction of sp³-hybridized carbons (Fsp3) is 0.769.